The number of methoxy groups -OCH3 is 1. The average Bonchev–Trinajstić information content (AvgIpc) is 2.61. The molecule has 0 N–H and O–H groups in total. The number of hydrogen-bond donors (Lipinski definition) is 0. The molecule has 3 heteroatoms. The quantitative estimate of drug-likeness (QED) is 0.810. The standard InChI is InChI=1S/C21H28N2O/c1-22(2)16-17-8-7-9-18(14-17)20-15-19(24-3)10-11-21(20)23-12-5-4-6-13-23/h7-11,14-15H,4-6,12-13,16H2,1-3H3. The summed E-state index contributed by atoms with van der Waals surface area (Å²) in [6, 6.07) is 15.4. The molecule has 24 heavy (non-hydrogen) atoms. The number of piperidine rings is 1. The minimum atomic E-state index is 0.920. The Hall–Kier alpha value is -2.00. The average molecular weight is 324 g/mol. The summed E-state index contributed by atoms with van der Waals surface area (Å²) < 4.78 is 5.49. The SMILES string of the molecule is COc1ccc(N2CCCCC2)c(-c2cccc(CN(C)C)c2)c1. The molecule has 1 heterocycles. The molecular formula is C21H28N2O. The van der Waals surface area contributed by atoms with Crippen LogP contribution < -0.4 is 9.64 Å². The maximum atomic E-state index is 5.49. The van der Waals surface area contributed by atoms with Crippen molar-refractivity contribution >= 4 is 5.69 Å². The van der Waals surface area contributed by atoms with Crippen molar-refractivity contribution in [2.24, 2.45) is 0 Å². The van der Waals surface area contributed by atoms with Crippen LogP contribution in [-0.4, -0.2) is 39.2 Å². The first-order valence-electron chi connectivity index (χ1n) is 8.84. The fourth-order valence-electron chi connectivity index (χ4n) is 3.49. The van der Waals surface area contributed by atoms with Gasteiger partial charge in [0.05, 0.1) is 7.11 Å². The molecule has 128 valence electrons. The Morgan fingerprint density at radius 1 is 1.00 bits per heavy atom. The maximum Gasteiger partial charge on any atom is 0.119 e. The van der Waals surface area contributed by atoms with Crippen molar-refractivity contribution in [1.82, 2.24) is 4.90 Å². The van der Waals surface area contributed by atoms with E-state index in [0.29, 0.717) is 0 Å². The lowest BCUT2D eigenvalue weighted by molar-refractivity contribution is 0.402. The van der Waals surface area contributed by atoms with Crippen LogP contribution in [0, 0.1) is 0 Å². The molecule has 3 nitrogen and oxygen atoms in total. The molecule has 0 aromatic heterocycles. The van der Waals surface area contributed by atoms with Crippen LogP contribution in [-0.2, 0) is 6.54 Å². The second-order valence-electron chi connectivity index (χ2n) is 6.87. The third-order valence-corrected chi connectivity index (χ3v) is 4.64. The van der Waals surface area contributed by atoms with Crippen molar-refractivity contribution < 1.29 is 4.74 Å². The predicted octanol–water partition coefficient (Wildman–Crippen LogP) is 4.41. The van der Waals surface area contributed by atoms with E-state index in [-0.39, 0.29) is 0 Å². The van der Waals surface area contributed by atoms with E-state index in [9.17, 15) is 0 Å². The van der Waals surface area contributed by atoms with E-state index in [4.69, 9.17) is 4.74 Å². The first-order valence-corrected chi connectivity index (χ1v) is 8.84. The van der Waals surface area contributed by atoms with Crippen LogP contribution in [0.1, 0.15) is 24.8 Å². The highest BCUT2D eigenvalue weighted by atomic mass is 16.5. The molecule has 1 aliphatic heterocycles. The summed E-state index contributed by atoms with van der Waals surface area (Å²) in [7, 11) is 5.96. The summed E-state index contributed by atoms with van der Waals surface area (Å²) in [5, 5.41) is 0. The zero-order valence-corrected chi connectivity index (χ0v) is 15.1. The van der Waals surface area contributed by atoms with E-state index in [2.05, 4.69) is 66.4 Å². The molecule has 0 amide bonds. The highest BCUT2D eigenvalue weighted by Crippen LogP contribution is 2.36. The predicted molar refractivity (Wildman–Crippen MR) is 102 cm³/mol. The van der Waals surface area contributed by atoms with Gasteiger partial charge < -0.3 is 14.5 Å². The lowest BCUT2D eigenvalue weighted by Crippen LogP contribution is -2.29. The molecule has 0 atom stereocenters. The van der Waals surface area contributed by atoms with Crippen molar-refractivity contribution in [2.75, 3.05) is 39.2 Å². The van der Waals surface area contributed by atoms with Crippen LogP contribution in [0.2, 0.25) is 0 Å². The molecule has 2 aromatic rings. The van der Waals surface area contributed by atoms with E-state index in [1.54, 1.807) is 7.11 Å². The molecule has 1 aliphatic rings. The number of nitrogens with zero attached hydrogens (tertiary/aromatic N) is 2. The van der Waals surface area contributed by atoms with Gasteiger partial charge in [-0.25, -0.2) is 0 Å². The lowest BCUT2D eigenvalue weighted by Gasteiger charge is -2.31. The first-order chi connectivity index (χ1) is 11.7. The van der Waals surface area contributed by atoms with Gasteiger partial charge in [0.2, 0.25) is 0 Å². The Bertz CT molecular complexity index is 675. The van der Waals surface area contributed by atoms with Gasteiger partial charge in [-0.15, -0.1) is 0 Å². The molecule has 1 fully saturated rings. The molecular weight excluding hydrogens is 296 g/mol. The molecule has 1 saturated heterocycles. The lowest BCUT2D eigenvalue weighted by atomic mass is 9.99. The van der Waals surface area contributed by atoms with Gasteiger partial charge in [0, 0.05) is 30.9 Å². The van der Waals surface area contributed by atoms with Gasteiger partial charge in [-0.2, -0.15) is 0 Å². The van der Waals surface area contributed by atoms with Crippen molar-refractivity contribution in [1.29, 1.82) is 0 Å². The molecule has 0 aliphatic carbocycles. The van der Waals surface area contributed by atoms with E-state index in [1.807, 2.05) is 0 Å². The Morgan fingerprint density at radius 3 is 2.50 bits per heavy atom. The first kappa shape index (κ1) is 16.8. The largest absolute Gasteiger partial charge is 0.497 e. The molecule has 0 radical (unpaired) electrons. The van der Waals surface area contributed by atoms with Crippen molar-refractivity contribution in [3.63, 3.8) is 0 Å². The van der Waals surface area contributed by atoms with Crippen LogP contribution in [0.15, 0.2) is 42.5 Å². The van der Waals surface area contributed by atoms with E-state index in [1.165, 1.54) is 41.6 Å². The van der Waals surface area contributed by atoms with E-state index < -0.39 is 0 Å². The van der Waals surface area contributed by atoms with Gasteiger partial charge in [-0.05, 0) is 68.8 Å². The summed E-state index contributed by atoms with van der Waals surface area (Å²) in [5.74, 6) is 0.920. The Labute approximate surface area is 145 Å². The Morgan fingerprint density at radius 2 is 1.79 bits per heavy atom. The number of ether oxygens (including phenoxy) is 1. The second kappa shape index (κ2) is 7.71. The van der Waals surface area contributed by atoms with Gasteiger partial charge in [-0.1, -0.05) is 18.2 Å². The smallest absolute Gasteiger partial charge is 0.119 e. The van der Waals surface area contributed by atoms with E-state index >= 15 is 0 Å². The van der Waals surface area contributed by atoms with Gasteiger partial charge >= 0.3 is 0 Å². The monoisotopic (exact) mass is 324 g/mol. The topological polar surface area (TPSA) is 15.7 Å². The summed E-state index contributed by atoms with van der Waals surface area (Å²) in [4.78, 5) is 4.73. The highest BCUT2D eigenvalue weighted by Gasteiger charge is 2.16. The third-order valence-electron chi connectivity index (χ3n) is 4.64. The fourth-order valence-corrected chi connectivity index (χ4v) is 3.49. The summed E-state index contributed by atoms with van der Waals surface area (Å²) in [6.45, 7) is 3.25. The number of rotatable bonds is 5. The molecule has 0 unspecified atom stereocenters. The van der Waals surface area contributed by atoms with Gasteiger partial charge in [0.15, 0.2) is 0 Å². The molecule has 0 saturated carbocycles. The summed E-state index contributed by atoms with van der Waals surface area (Å²) in [5.41, 5.74) is 5.22. The fraction of sp³-hybridized carbons (Fsp3) is 0.429. The highest BCUT2D eigenvalue weighted by molar-refractivity contribution is 5.80. The summed E-state index contributed by atoms with van der Waals surface area (Å²) in [6.07, 6.45) is 3.92. The Balaban J connectivity index is 2.01. The number of benzene rings is 2. The van der Waals surface area contributed by atoms with Crippen molar-refractivity contribution in [3.8, 4) is 16.9 Å². The van der Waals surface area contributed by atoms with Crippen LogP contribution in [0.5, 0.6) is 5.75 Å². The molecule has 2 aromatic carbocycles. The maximum absolute atomic E-state index is 5.49. The van der Waals surface area contributed by atoms with Gasteiger partial charge in [0.25, 0.3) is 0 Å². The normalized spacial score (nSPS) is 14.9. The van der Waals surface area contributed by atoms with Crippen LogP contribution in [0.3, 0.4) is 0 Å². The third kappa shape index (κ3) is 3.90. The van der Waals surface area contributed by atoms with Gasteiger partial charge in [-0.3, -0.25) is 0 Å². The zero-order valence-electron chi connectivity index (χ0n) is 15.1. The molecule has 0 spiro atoms. The molecule has 0 bridgehead atoms. The van der Waals surface area contributed by atoms with E-state index in [0.717, 1.165) is 25.4 Å². The minimum absolute atomic E-state index is 0.920. The van der Waals surface area contributed by atoms with Crippen molar-refractivity contribution in [2.45, 2.75) is 25.8 Å². The number of anilines is 1. The second-order valence-corrected chi connectivity index (χ2v) is 6.87. The van der Waals surface area contributed by atoms with Crippen LogP contribution in [0.4, 0.5) is 5.69 Å². The summed E-state index contributed by atoms with van der Waals surface area (Å²) >= 11 is 0. The number of hydrogen-bond acceptors (Lipinski definition) is 3. The minimum Gasteiger partial charge on any atom is -0.497 e. The van der Waals surface area contributed by atoms with Gasteiger partial charge in [0.1, 0.15) is 5.75 Å². The van der Waals surface area contributed by atoms with Crippen LogP contribution in [0.25, 0.3) is 11.1 Å². The molecule has 3 rings (SSSR count). The van der Waals surface area contributed by atoms with Crippen LogP contribution >= 0.6 is 0 Å². The Kier molecular flexibility index (Phi) is 5.41. The van der Waals surface area contributed by atoms with Crippen molar-refractivity contribution in [3.05, 3.63) is 48.0 Å². The zero-order chi connectivity index (χ0) is 16.9.